The van der Waals surface area contributed by atoms with Gasteiger partial charge in [0.1, 0.15) is 0 Å². The largest absolute Gasteiger partial charge is 0.326 e. The molecule has 0 saturated carbocycles. The molecular formula is C16H32N4O2S. The summed E-state index contributed by atoms with van der Waals surface area (Å²) < 4.78 is 24.2. The second-order valence-corrected chi connectivity index (χ2v) is 7.89. The molecule has 1 fully saturated rings. The van der Waals surface area contributed by atoms with Crippen molar-refractivity contribution in [1.29, 1.82) is 0 Å². The third-order valence-electron chi connectivity index (χ3n) is 3.46. The number of nitrogens with two attached hydrogens (primary N) is 1. The number of nitrogens with zero attached hydrogens (tertiary/aromatic N) is 1. The van der Waals surface area contributed by atoms with Gasteiger partial charge in [0.25, 0.3) is 0 Å². The number of nitrogens with one attached hydrogen (secondary N) is 2. The summed E-state index contributed by atoms with van der Waals surface area (Å²) in [5.41, 5.74) is 7.64. The van der Waals surface area contributed by atoms with Gasteiger partial charge >= 0.3 is 0 Å². The van der Waals surface area contributed by atoms with Gasteiger partial charge in [-0.2, -0.15) is 0 Å². The maximum absolute atomic E-state index is 10.8. The van der Waals surface area contributed by atoms with Gasteiger partial charge in [-0.05, 0) is 49.4 Å². The number of pyridine rings is 1. The van der Waals surface area contributed by atoms with Crippen molar-refractivity contribution in [2.45, 2.75) is 34.2 Å². The molecule has 23 heavy (non-hydrogen) atoms. The van der Waals surface area contributed by atoms with Crippen LogP contribution in [0.4, 0.5) is 0 Å². The predicted octanol–water partition coefficient (Wildman–Crippen LogP) is 1.27. The molecule has 7 heteroatoms. The Hall–Kier alpha value is -1.02. The van der Waals surface area contributed by atoms with Crippen LogP contribution in [0.15, 0.2) is 18.5 Å². The second kappa shape index (κ2) is 10.7. The van der Waals surface area contributed by atoms with Crippen molar-refractivity contribution in [3.8, 4) is 0 Å². The van der Waals surface area contributed by atoms with E-state index in [0.717, 1.165) is 30.6 Å². The van der Waals surface area contributed by atoms with Gasteiger partial charge in [0.15, 0.2) is 0 Å². The minimum absolute atomic E-state index is 0. The van der Waals surface area contributed by atoms with Crippen LogP contribution in [0.25, 0.3) is 0 Å². The highest BCUT2D eigenvalue weighted by Gasteiger charge is 2.18. The van der Waals surface area contributed by atoms with Crippen molar-refractivity contribution in [2.75, 3.05) is 25.9 Å². The Balaban J connectivity index is 0.000000427. The summed E-state index contributed by atoms with van der Waals surface area (Å²) in [6.07, 6.45) is 5.91. The van der Waals surface area contributed by atoms with E-state index in [4.69, 9.17) is 5.73 Å². The second-order valence-electron chi connectivity index (χ2n) is 6.06. The Morgan fingerprint density at radius 3 is 2.57 bits per heavy atom. The molecular weight excluding hydrogens is 312 g/mol. The number of hydrogen-bond acceptors (Lipinski definition) is 5. The van der Waals surface area contributed by atoms with Crippen LogP contribution < -0.4 is 15.8 Å². The number of aryl methyl sites for hydroxylation is 1. The van der Waals surface area contributed by atoms with Crippen LogP contribution in [-0.2, 0) is 16.6 Å². The lowest BCUT2D eigenvalue weighted by molar-refractivity contribution is 0.303. The normalized spacial score (nSPS) is 20.9. The van der Waals surface area contributed by atoms with Gasteiger partial charge in [-0.3, -0.25) is 4.98 Å². The first-order valence-electron chi connectivity index (χ1n) is 7.56. The number of sulfonamides is 1. The zero-order valence-corrected chi connectivity index (χ0v) is 14.5. The Morgan fingerprint density at radius 1 is 1.39 bits per heavy atom. The fourth-order valence-corrected chi connectivity index (χ4v) is 2.96. The fourth-order valence-electron chi connectivity index (χ4n) is 2.42. The molecule has 0 amide bonds. The summed E-state index contributed by atoms with van der Waals surface area (Å²) in [7, 11) is -3.02. The van der Waals surface area contributed by atoms with Gasteiger partial charge in [-0.25, -0.2) is 13.1 Å². The molecule has 2 unspecified atom stereocenters. The summed E-state index contributed by atoms with van der Waals surface area (Å²) in [5.74, 6) is 1.10. The van der Waals surface area contributed by atoms with Gasteiger partial charge in [-0.1, -0.05) is 20.4 Å². The molecule has 1 aliphatic heterocycles. The van der Waals surface area contributed by atoms with Crippen molar-refractivity contribution in [1.82, 2.24) is 15.0 Å². The number of rotatable bonds is 4. The lowest BCUT2D eigenvalue weighted by Crippen LogP contribution is -2.40. The lowest BCUT2D eigenvalue weighted by atomic mass is 9.92. The first-order chi connectivity index (χ1) is 10.3. The van der Waals surface area contributed by atoms with Crippen molar-refractivity contribution in [2.24, 2.45) is 17.6 Å². The highest BCUT2D eigenvalue weighted by atomic mass is 32.2. The fraction of sp³-hybridized carbons (Fsp3) is 0.688. The van der Waals surface area contributed by atoms with Crippen LogP contribution in [0, 0.1) is 18.8 Å². The van der Waals surface area contributed by atoms with Crippen LogP contribution in [0.3, 0.4) is 0 Å². The average molecular weight is 345 g/mol. The minimum Gasteiger partial charge on any atom is -0.326 e. The van der Waals surface area contributed by atoms with Crippen molar-refractivity contribution < 1.29 is 8.42 Å². The number of hydrogen-bond donors (Lipinski definition) is 3. The minimum atomic E-state index is -3.02. The molecule has 6 nitrogen and oxygen atoms in total. The molecule has 0 aromatic carbocycles. The quantitative estimate of drug-likeness (QED) is 0.764. The van der Waals surface area contributed by atoms with E-state index in [1.54, 1.807) is 6.20 Å². The average Bonchev–Trinajstić information content (AvgIpc) is 2.45. The van der Waals surface area contributed by atoms with E-state index in [1.165, 1.54) is 6.26 Å². The first-order valence-corrected chi connectivity index (χ1v) is 9.45. The number of piperidine rings is 1. The monoisotopic (exact) mass is 344 g/mol. The van der Waals surface area contributed by atoms with Crippen molar-refractivity contribution in [3.05, 3.63) is 29.6 Å². The first kappa shape index (κ1) is 22.0. The van der Waals surface area contributed by atoms with E-state index in [0.29, 0.717) is 24.9 Å². The molecule has 0 bridgehead atoms. The summed E-state index contributed by atoms with van der Waals surface area (Å²) in [5, 5.41) is 3.29. The Bertz CT molecular complexity index is 549. The van der Waals surface area contributed by atoms with Crippen molar-refractivity contribution in [3.63, 3.8) is 0 Å². The van der Waals surface area contributed by atoms with Crippen LogP contribution >= 0.6 is 0 Å². The third-order valence-corrected chi connectivity index (χ3v) is 4.15. The van der Waals surface area contributed by atoms with E-state index in [2.05, 4.69) is 21.9 Å². The highest BCUT2D eigenvalue weighted by Crippen LogP contribution is 2.14. The summed E-state index contributed by atoms with van der Waals surface area (Å²) in [6.45, 7) is 7.30. The van der Waals surface area contributed by atoms with Gasteiger partial charge in [0, 0.05) is 25.5 Å². The van der Waals surface area contributed by atoms with E-state index >= 15 is 0 Å². The number of aromatic nitrogens is 1. The molecule has 2 rings (SSSR count). The lowest BCUT2D eigenvalue weighted by Gasteiger charge is -2.27. The maximum atomic E-state index is 10.8. The van der Waals surface area contributed by atoms with Crippen molar-refractivity contribution >= 4 is 10.0 Å². The molecule has 2 atom stereocenters. The standard InChI is InChI=1S/C8H18N2O2S.C7H10N2.CH4/c1-7-3-8(5-9-4-7)6-10-13(2,11)12;1-6-2-7(3-8)5-9-4-6;/h7-10H,3-6H2,1-2H3;2,4-5H,3,8H2,1H3;1H4. The van der Waals surface area contributed by atoms with Crippen LogP contribution in [-0.4, -0.2) is 39.3 Å². The molecule has 1 aliphatic rings. The molecule has 0 aliphatic carbocycles. The van der Waals surface area contributed by atoms with Gasteiger partial charge in [-0.15, -0.1) is 0 Å². The molecule has 134 valence electrons. The highest BCUT2D eigenvalue weighted by molar-refractivity contribution is 7.88. The zero-order valence-electron chi connectivity index (χ0n) is 13.7. The SMILES string of the molecule is C.CC1CNCC(CNS(C)(=O)=O)C1.Cc1cncc(CN)c1. The smallest absolute Gasteiger partial charge is 0.208 e. The Labute approximate surface area is 141 Å². The molecule has 0 radical (unpaired) electrons. The third kappa shape index (κ3) is 10.4. The van der Waals surface area contributed by atoms with Crippen LogP contribution in [0.5, 0.6) is 0 Å². The summed E-state index contributed by atoms with van der Waals surface area (Å²) >= 11 is 0. The summed E-state index contributed by atoms with van der Waals surface area (Å²) in [4.78, 5) is 3.98. The molecule has 0 spiro atoms. The predicted molar refractivity (Wildman–Crippen MR) is 96.6 cm³/mol. The van der Waals surface area contributed by atoms with Crippen LogP contribution in [0.2, 0.25) is 0 Å². The topological polar surface area (TPSA) is 97.1 Å². The van der Waals surface area contributed by atoms with Gasteiger partial charge < -0.3 is 11.1 Å². The van der Waals surface area contributed by atoms with Gasteiger partial charge in [0.05, 0.1) is 6.26 Å². The molecule has 2 heterocycles. The molecule has 1 aromatic heterocycles. The molecule has 4 N–H and O–H groups in total. The van der Waals surface area contributed by atoms with E-state index in [1.807, 2.05) is 19.2 Å². The Morgan fingerprint density at radius 2 is 2.09 bits per heavy atom. The molecule has 1 saturated heterocycles. The summed E-state index contributed by atoms with van der Waals surface area (Å²) in [6, 6.07) is 2.03. The van der Waals surface area contributed by atoms with E-state index < -0.39 is 10.0 Å². The van der Waals surface area contributed by atoms with E-state index in [-0.39, 0.29) is 7.43 Å². The maximum Gasteiger partial charge on any atom is 0.208 e. The molecule has 1 aromatic rings. The van der Waals surface area contributed by atoms with Crippen LogP contribution in [0.1, 0.15) is 31.9 Å². The van der Waals surface area contributed by atoms with E-state index in [9.17, 15) is 8.42 Å². The van der Waals surface area contributed by atoms with Gasteiger partial charge in [0.2, 0.25) is 10.0 Å². The zero-order chi connectivity index (χ0) is 16.6. The Kier molecular flexibility index (Phi) is 10.2.